The van der Waals surface area contributed by atoms with E-state index in [0.717, 1.165) is 0 Å². The lowest BCUT2D eigenvalue weighted by molar-refractivity contribution is 0.0946. The molecule has 0 aliphatic rings. The zero-order valence-corrected chi connectivity index (χ0v) is 18.0. The summed E-state index contributed by atoms with van der Waals surface area (Å²) in [6, 6.07) is 11.3. The lowest BCUT2D eigenvalue weighted by Crippen LogP contribution is -2.23. The van der Waals surface area contributed by atoms with Gasteiger partial charge in [0.2, 0.25) is 21.7 Å². The first-order valence-electron chi connectivity index (χ1n) is 9.29. The number of nitrogens with one attached hydrogen (secondary N) is 2. The van der Waals surface area contributed by atoms with Crippen molar-refractivity contribution in [3.8, 4) is 22.9 Å². The maximum Gasteiger partial charge on any atom is 0.251 e. The molecule has 31 heavy (non-hydrogen) atoms. The number of anilines is 1. The molecular weight excluding hydrogens is 424 g/mol. The predicted octanol–water partition coefficient (Wildman–Crippen LogP) is 2.45. The van der Waals surface area contributed by atoms with Gasteiger partial charge < -0.3 is 19.3 Å². The van der Waals surface area contributed by atoms with Crippen LogP contribution >= 0.6 is 0 Å². The molecule has 0 aliphatic heterocycles. The molecule has 0 radical (unpaired) electrons. The summed E-state index contributed by atoms with van der Waals surface area (Å²) in [6.45, 7) is 1.56. The van der Waals surface area contributed by atoms with E-state index in [0.29, 0.717) is 34.1 Å². The van der Waals surface area contributed by atoms with Crippen LogP contribution in [-0.2, 0) is 16.6 Å². The van der Waals surface area contributed by atoms with Crippen LogP contribution < -0.4 is 19.5 Å². The maximum atomic E-state index is 12.3. The predicted molar refractivity (Wildman–Crippen MR) is 114 cm³/mol. The van der Waals surface area contributed by atoms with E-state index in [1.807, 2.05) is 0 Å². The Morgan fingerprint density at radius 1 is 1.10 bits per heavy atom. The minimum atomic E-state index is -3.38. The van der Waals surface area contributed by atoms with Gasteiger partial charge in [0, 0.05) is 17.3 Å². The molecule has 11 heteroatoms. The molecule has 0 atom stereocenters. The van der Waals surface area contributed by atoms with Gasteiger partial charge in [-0.05, 0) is 43.3 Å². The van der Waals surface area contributed by atoms with Crippen LogP contribution in [0.4, 0.5) is 5.69 Å². The Labute approximate surface area is 179 Å². The number of carbonyl (C=O) groups excluding carboxylic acids is 1. The van der Waals surface area contributed by atoms with E-state index in [1.54, 1.807) is 25.3 Å². The molecule has 2 N–H and O–H groups in total. The summed E-state index contributed by atoms with van der Waals surface area (Å²) < 4.78 is 41.3. The zero-order valence-electron chi connectivity index (χ0n) is 17.2. The van der Waals surface area contributed by atoms with Crippen LogP contribution in [0, 0.1) is 0 Å². The smallest absolute Gasteiger partial charge is 0.251 e. The SMILES string of the molecule is CCS(=O)(=O)Nc1ccc(C(=O)NCc2nc(-c3ccc(OC)cc3OC)no2)cc1. The van der Waals surface area contributed by atoms with Crippen LogP contribution in [0.25, 0.3) is 11.4 Å². The first kappa shape index (κ1) is 22.1. The topological polar surface area (TPSA) is 133 Å². The van der Waals surface area contributed by atoms with Gasteiger partial charge >= 0.3 is 0 Å². The zero-order chi connectivity index (χ0) is 22.4. The average Bonchev–Trinajstić information content (AvgIpc) is 3.26. The molecule has 0 saturated heterocycles. The van der Waals surface area contributed by atoms with Crippen LogP contribution in [0.1, 0.15) is 23.2 Å². The van der Waals surface area contributed by atoms with Crippen LogP contribution in [0.3, 0.4) is 0 Å². The Hall–Kier alpha value is -3.60. The first-order chi connectivity index (χ1) is 14.8. The molecule has 0 fully saturated rings. The number of hydrogen-bond acceptors (Lipinski definition) is 8. The Balaban J connectivity index is 1.64. The van der Waals surface area contributed by atoms with Gasteiger partial charge in [-0.15, -0.1) is 0 Å². The molecule has 0 bridgehead atoms. The first-order valence-corrected chi connectivity index (χ1v) is 10.9. The fraction of sp³-hybridized carbons (Fsp3) is 0.250. The van der Waals surface area contributed by atoms with E-state index in [-0.39, 0.29) is 24.1 Å². The molecule has 1 aromatic heterocycles. The van der Waals surface area contributed by atoms with E-state index >= 15 is 0 Å². The van der Waals surface area contributed by atoms with Gasteiger partial charge in [-0.25, -0.2) is 8.42 Å². The van der Waals surface area contributed by atoms with E-state index in [2.05, 4.69) is 20.2 Å². The summed E-state index contributed by atoms with van der Waals surface area (Å²) in [5.41, 5.74) is 1.36. The Morgan fingerprint density at radius 2 is 1.84 bits per heavy atom. The second kappa shape index (κ2) is 9.47. The average molecular weight is 446 g/mol. The summed E-state index contributed by atoms with van der Waals surface area (Å²) >= 11 is 0. The van der Waals surface area contributed by atoms with Crippen molar-refractivity contribution >= 4 is 21.6 Å². The van der Waals surface area contributed by atoms with Gasteiger partial charge in [0.25, 0.3) is 5.91 Å². The summed E-state index contributed by atoms with van der Waals surface area (Å²) in [7, 11) is -0.294. The number of rotatable bonds is 9. The van der Waals surface area contributed by atoms with Gasteiger partial charge in [-0.2, -0.15) is 4.98 Å². The lowest BCUT2D eigenvalue weighted by Gasteiger charge is -2.07. The molecule has 1 amide bonds. The quantitative estimate of drug-likeness (QED) is 0.512. The Morgan fingerprint density at radius 3 is 2.48 bits per heavy atom. The van der Waals surface area contributed by atoms with Crippen LogP contribution in [-0.4, -0.2) is 44.4 Å². The number of benzene rings is 2. The summed E-state index contributed by atoms with van der Waals surface area (Å²) in [5.74, 6) is 1.28. The van der Waals surface area contributed by atoms with Crippen molar-refractivity contribution in [1.82, 2.24) is 15.5 Å². The number of aromatic nitrogens is 2. The van der Waals surface area contributed by atoms with E-state index in [1.165, 1.54) is 38.3 Å². The van der Waals surface area contributed by atoms with Crippen molar-refractivity contribution in [2.24, 2.45) is 0 Å². The van der Waals surface area contributed by atoms with E-state index < -0.39 is 10.0 Å². The van der Waals surface area contributed by atoms with Gasteiger partial charge in [-0.3, -0.25) is 9.52 Å². The second-order valence-electron chi connectivity index (χ2n) is 6.34. The monoisotopic (exact) mass is 446 g/mol. The molecule has 10 nitrogen and oxygen atoms in total. The lowest BCUT2D eigenvalue weighted by atomic mass is 10.2. The van der Waals surface area contributed by atoms with Gasteiger partial charge in [0.05, 0.1) is 32.1 Å². The molecule has 3 rings (SSSR count). The third-order valence-electron chi connectivity index (χ3n) is 4.32. The number of amides is 1. The second-order valence-corrected chi connectivity index (χ2v) is 8.35. The molecule has 1 heterocycles. The highest BCUT2D eigenvalue weighted by Gasteiger charge is 2.15. The van der Waals surface area contributed by atoms with Crippen LogP contribution in [0.5, 0.6) is 11.5 Å². The molecular formula is C20H22N4O6S. The van der Waals surface area contributed by atoms with Gasteiger partial charge in [-0.1, -0.05) is 5.16 Å². The largest absolute Gasteiger partial charge is 0.497 e. The standard InChI is InChI=1S/C20H22N4O6S/c1-4-31(26,27)24-14-7-5-13(6-8-14)20(25)21-12-18-22-19(23-30-18)16-10-9-15(28-2)11-17(16)29-3/h5-11,24H,4,12H2,1-3H3,(H,21,25). The van der Waals surface area contributed by atoms with E-state index in [9.17, 15) is 13.2 Å². The Bertz CT molecular complexity index is 1160. The normalized spacial score (nSPS) is 11.1. The van der Waals surface area contributed by atoms with Crippen molar-refractivity contribution < 1.29 is 27.2 Å². The maximum absolute atomic E-state index is 12.3. The number of ether oxygens (including phenoxy) is 2. The summed E-state index contributed by atoms with van der Waals surface area (Å²) in [4.78, 5) is 16.6. The minimum Gasteiger partial charge on any atom is -0.497 e. The molecule has 0 spiro atoms. The molecule has 3 aromatic rings. The van der Waals surface area contributed by atoms with Crippen molar-refractivity contribution in [3.63, 3.8) is 0 Å². The molecule has 0 aliphatic carbocycles. The molecule has 2 aromatic carbocycles. The number of hydrogen-bond donors (Lipinski definition) is 2. The highest BCUT2D eigenvalue weighted by molar-refractivity contribution is 7.92. The third kappa shape index (κ3) is 5.51. The summed E-state index contributed by atoms with van der Waals surface area (Å²) in [6.07, 6.45) is 0. The third-order valence-corrected chi connectivity index (χ3v) is 5.63. The fourth-order valence-electron chi connectivity index (χ4n) is 2.62. The number of methoxy groups -OCH3 is 2. The molecule has 0 saturated carbocycles. The Kier molecular flexibility index (Phi) is 6.75. The van der Waals surface area contributed by atoms with Crippen molar-refractivity contribution in [1.29, 1.82) is 0 Å². The fourth-order valence-corrected chi connectivity index (χ4v) is 3.26. The highest BCUT2D eigenvalue weighted by atomic mass is 32.2. The number of carbonyl (C=O) groups is 1. The van der Waals surface area contributed by atoms with Crippen molar-refractivity contribution in [2.75, 3.05) is 24.7 Å². The number of nitrogens with zero attached hydrogens (tertiary/aromatic N) is 2. The van der Waals surface area contributed by atoms with Crippen LogP contribution in [0.2, 0.25) is 0 Å². The van der Waals surface area contributed by atoms with Crippen molar-refractivity contribution in [2.45, 2.75) is 13.5 Å². The van der Waals surface area contributed by atoms with Crippen LogP contribution in [0.15, 0.2) is 47.0 Å². The molecule has 0 unspecified atom stereocenters. The van der Waals surface area contributed by atoms with Gasteiger partial charge in [0.1, 0.15) is 11.5 Å². The number of sulfonamides is 1. The van der Waals surface area contributed by atoms with Crippen molar-refractivity contribution in [3.05, 3.63) is 53.9 Å². The molecule has 164 valence electrons. The highest BCUT2D eigenvalue weighted by Crippen LogP contribution is 2.31. The minimum absolute atomic E-state index is 0.0223. The summed E-state index contributed by atoms with van der Waals surface area (Å²) in [5, 5.41) is 6.61. The van der Waals surface area contributed by atoms with Gasteiger partial charge in [0.15, 0.2) is 0 Å². The van der Waals surface area contributed by atoms with E-state index in [4.69, 9.17) is 14.0 Å².